The minimum Gasteiger partial charge on any atom is -0.396 e. The van der Waals surface area contributed by atoms with Crippen LogP contribution in [-0.2, 0) is 9.59 Å². The van der Waals surface area contributed by atoms with Crippen LogP contribution in [0.25, 0.3) is 10.8 Å². The highest BCUT2D eigenvalue weighted by molar-refractivity contribution is 6.39. The van der Waals surface area contributed by atoms with E-state index in [0.717, 1.165) is 30.0 Å². The minimum absolute atomic E-state index is 0.0285. The van der Waals surface area contributed by atoms with E-state index in [1.165, 1.54) is 0 Å². The second kappa shape index (κ2) is 7.45. The normalized spacial score (nSPS) is 17.7. The molecule has 0 radical (unpaired) electrons. The maximum atomic E-state index is 12.5. The molecular weight excluding hydrogens is 304 g/mol. The van der Waals surface area contributed by atoms with Crippen LogP contribution in [-0.4, -0.2) is 41.0 Å². The standard InChI is InChI=1S/C19H22N2O3/c22-12-10-17-7-3-4-11-21(17)19(24)18(23)20-16-9-8-14-5-1-2-6-15(14)13-16/h1-2,5-6,8-9,13,17,22H,3-4,7,10-12H2,(H,20,23). The second-order valence-corrected chi connectivity index (χ2v) is 6.18. The predicted octanol–water partition coefficient (Wildman–Crippen LogP) is 2.54. The summed E-state index contributed by atoms with van der Waals surface area (Å²) in [6.07, 6.45) is 3.29. The summed E-state index contributed by atoms with van der Waals surface area (Å²) in [6, 6.07) is 13.4. The number of benzene rings is 2. The SMILES string of the molecule is O=C(Nc1ccc2ccccc2c1)C(=O)N1CCCCC1CCO. The Morgan fingerprint density at radius 1 is 1.12 bits per heavy atom. The monoisotopic (exact) mass is 326 g/mol. The van der Waals surface area contributed by atoms with Crippen LogP contribution >= 0.6 is 0 Å². The van der Waals surface area contributed by atoms with Crippen molar-refractivity contribution in [2.24, 2.45) is 0 Å². The highest BCUT2D eigenvalue weighted by atomic mass is 16.3. The first-order valence-corrected chi connectivity index (χ1v) is 8.40. The van der Waals surface area contributed by atoms with Gasteiger partial charge in [-0.05, 0) is 48.6 Å². The highest BCUT2D eigenvalue weighted by Crippen LogP contribution is 2.21. The average Bonchev–Trinajstić information content (AvgIpc) is 2.62. The summed E-state index contributed by atoms with van der Waals surface area (Å²) in [7, 11) is 0. The van der Waals surface area contributed by atoms with Gasteiger partial charge in [0.1, 0.15) is 0 Å². The summed E-state index contributed by atoms with van der Waals surface area (Å²) in [5.74, 6) is -1.13. The number of amides is 2. The van der Waals surface area contributed by atoms with E-state index in [0.29, 0.717) is 18.7 Å². The van der Waals surface area contributed by atoms with Crippen LogP contribution in [0.4, 0.5) is 5.69 Å². The Morgan fingerprint density at radius 2 is 1.92 bits per heavy atom. The Labute approximate surface area is 141 Å². The lowest BCUT2D eigenvalue weighted by Gasteiger charge is -2.35. The van der Waals surface area contributed by atoms with Crippen molar-refractivity contribution >= 4 is 28.3 Å². The van der Waals surface area contributed by atoms with Crippen LogP contribution in [0.15, 0.2) is 42.5 Å². The molecule has 126 valence electrons. The van der Waals surface area contributed by atoms with E-state index in [1.807, 2.05) is 36.4 Å². The molecule has 0 aromatic heterocycles. The summed E-state index contributed by atoms with van der Waals surface area (Å²) in [6.45, 7) is 0.607. The molecule has 1 unspecified atom stereocenters. The third-order valence-corrected chi connectivity index (χ3v) is 4.55. The molecule has 24 heavy (non-hydrogen) atoms. The van der Waals surface area contributed by atoms with Crippen molar-refractivity contribution < 1.29 is 14.7 Å². The van der Waals surface area contributed by atoms with Gasteiger partial charge in [0.05, 0.1) is 0 Å². The van der Waals surface area contributed by atoms with E-state index in [9.17, 15) is 9.59 Å². The van der Waals surface area contributed by atoms with E-state index < -0.39 is 11.8 Å². The molecule has 1 saturated heterocycles. The fraction of sp³-hybridized carbons (Fsp3) is 0.368. The first-order valence-electron chi connectivity index (χ1n) is 8.40. The molecule has 2 aromatic rings. The number of anilines is 1. The third-order valence-electron chi connectivity index (χ3n) is 4.55. The van der Waals surface area contributed by atoms with Crippen molar-refractivity contribution in [3.05, 3.63) is 42.5 Å². The zero-order chi connectivity index (χ0) is 16.9. The van der Waals surface area contributed by atoms with E-state index in [4.69, 9.17) is 5.11 Å². The maximum absolute atomic E-state index is 12.5. The lowest BCUT2D eigenvalue weighted by atomic mass is 9.99. The van der Waals surface area contributed by atoms with Crippen LogP contribution < -0.4 is 5.32 Å². The number of carbonyl (C=O) groups excluding carboxylic acids is 2. The predicted molar refractivity (Wildman–Crippen MR) is 93.6 cm³/mol. The molecule has 2 amide bonds. The van der Waals surface area contributed by atoms with Gasteiger partial charge in [-0.3, -0.25) is 9.59 Å². The molecule has 1 aliphatic heterocycles. The lowest BCUT2D eigenvalue weighted by Crippen LogP contribution is -2.48. The molecule has 5 heteroatoms. The van der Waals surface area contributed by atoms with E-state index in [-0.39, 0.29) is 12.6 Å². The lowest BCUT2D eigenvalue weighted by molar-refractivity contribution is -0.146. The number of aliphatic hydroxyl groups excluding tert-OH is 1. The van der Waals surface area contributed by atoms with Crippen molar-refractivity contribution in [1.82, 2.24) is 4.90 Å². The van der Waals surface area contributed by atoms with Crippen molar-refractivity contribution in [3.8, 4) is 0 Å². The van der Waals surface area contributed by atoms with Gasteiger partial charge in [0, 0.05) is 24.9 Å². The van der Waals surface area contributed by atoms with Gasteiger partial charge in [0.15, 0.2) is 0 Å². The van der Waals surface area contributed by atoms with Gasteiger partial charge < -0.3 is 15.3 Å². The number of hydrogen-bond acceptors (Lipinski definition) is 3. The Bertz CT molecular complexity index is 742. The molecule has 2 N–H and O–H groups in total. The maximum Gasteiger partial charge on any atom is 0.313 e. The molecule has 0 saturated carbocycles. The largest absolute Gasteiger partial charge is 0.396 e. The number of aliphatic hydroxyl groups is 1. The molecule has 0 aliphatic carbocycles. The number of piperidine rings is 1. The molecule has 1 heterocycles. The summed E-state index contributed by atoms with van der Waals surface area (Å²) >= 11 is 0. The Morgan fingerprint density at radius 3 is 2.71 bits per heavy atom. The first-order chi connectivity index (χ1) is 11.7. The van der Waals surface area contributed by atoms with Crippen LogP contribution in [0.3, 0.4) is 0 Å². The van der Waals surface area contributed by atoms with Gasteiger partial charge in [-0.2, -0.15) is 0 Å². The van der Waals surface area contributed by atoms with E-state index in [2.05, 4.69) is 5.32 Å². The van der Waals surface area contributed by atoms with Crippen LogP contribution in [0, 0.1) is 0 Å². The average molecular weight is 326 g/mol. The van der Waals surface area contributed by atoms with E-state index in [1.54, 1.807) is 11.0 Å². The summed E-state index contributed by atoms with van der Waals surface area (Å²) in [4.78, 5) is 26.4. The van der Waals surface area contributed by atoms with Gasteiger partial charge in [-0.15, -0.1) is 0 Å². The zero-order valence-corrected chi connectivity index (χ0v) is 13.6. The first kappa shape index (κ1) is 16.5. The molecule has 0 bridgehead atoms. The quantitative estimate of drug-likeness (QED) is 0.852. The number of likely N-dealkylation sites (tertiary alicyclic amines) is 1. The molecule has 3 rings (SSSR count). The number of carbonyl (C=O) groups is 2. The van der Waals surface area contributed by atoms with Crippen molar-refractivity contribution in [3.63, 3.8) is 0 Å². The van der Waals surface area contributed by atoms with Crippen molar-refractivity contribution in [2.75, 3.05) is 18.5 Å². The number of fused-ring (bicyclic) bond motifs is 1. The number of hydrogen-bond donors (Lipinski definition) is 2. The van der Waals surface area contributed by atoms with E-state index >= 15 is 0 Å². The molecule has 2 aromatic carbocycles. The second-order valence-electron chi connectivity index (χ2n) is 6.18. The Kier molecular flexibility index (Phi) is 5.11. The van der Waals surface area contributed by atoms with Gasteiger partial charge in [-0.1, -0.05) is 30.3 Å². The van der Waals surface area contributed by atoms with Gasteiger partial charge >= 0.3 is 11.8 Å². The summed E-state index contributed by atoms with van der Waals surface area (Å²) in [5, 5.41) is 14.0. The third kappa shape index (κ3) is 3.57. The molecular formula is C19H22N2O3. The topological polar surface area (TPSA) is 69.6 Å². The Balaban J connectivity index is 1.71. The molecule has 1 aliphatic rings. The van der Waals surface area contributed by atoms with Gasteiger partial charge in [0.25, 0.3) is 0 Å². The van der Waals surface area contributed by atoms with Crippen molar-refractivity contribution in [2.45, 2.75) is 31.7 Å². The number of nitrogens with zero attached hydrogens (tertiary/aromatic N) is 1. The van der Waals surface area contributed by atoms with Gasteiger partial charge in [-0.25, -0.2) is 0 Å². The summed E-state index contributed by atoms with van der Waals surface area (Å²) < 4.78 is 0. The zero-order valence-electron chi connectivity index (χ0n) is 13.6. The van der Waals surface area contributed by atoms with Gasteiger partial charge in [0.2, 0.25) is 0 Å². The number of nitrogens with one attached hydrogen (secondary N) is 1. The van der Waals surface area contributed by atoms with Crippen molar-refractivity contribution in [1.29, 1.82) is 0 Å². The fourth-order valence-corrected chi connectivity index (χ4v) is 3.30. The molecule has 1 fully saturated rings. The number of rotatable bonds is 3. The fourth-order valence-electron chi connectivity index (χ4n) is 3.30. The van der Waals surface area contributed by atoms with Crippen LogP contribution in [0.1, 0.15) is 25.7 Å². The smallest absolute Gasteiger partial charge is 0.313 e. The van der Waals surface area contributed by atoms with Crippen LogP contribution in [0.2, 0.25) is 0 Å². The molecule has 0 spiro atoms. The molecule has 5 nitrogen and oxygen atoms in total. The highest BCUT2D eigenvalue weighted by Gasteiger charge is 2.30. The summed E-state index contributed by atoms with van der Waals surface area (Å²) in [5.41, 5.74) is 0.614. The Hall–Kier alpha value is -2.40. The molecule has 1 atom stereocenters. The minimum atomic E-state index is -0.616. The van der Waals surface area contributed by atoms with Crippen LogP contribution in [0.5, 0.6) is 0 Å².